The monoisotopic (exact) mass is 752 g/mol. The minimum atomic E-state index is -0.718. The van der Waals surface area contributed by atoms with Gasteiger partial charge in [0.15, 0.2) is 5.82 Å². The number of methoxy groups -OCH3 is 1. The second-order valence-electron chi connectivity index (χ2n) is 14.4. The van der Waals surface area contributed by atoms with Crippen LogP contribution >= 0.6 is 0 Å². The van der Waals surface area contributed by atoms with Gasteiger partial charge in [-0.1, -0.05) is 18.7 Å². The molecule has 3 saturated heterocycles. The van der Waals surface area contributed by atoms with Crippen molar-refractivity contribution >= 4 is 34.6 Å². The van der Waals surface area contributed by atoms with Crippen molar-refractivity contribution in [2.75, 3.05) is 73.6 Å². The summed E-state index contributed by atoms with van der Waals surface area (Å²) in [5.74, 6) is 0.351. The normalized spacial score (nSPS) is 19.7. The zero-order valence-electron chi connectivity index (χ0n) is 30.9. The number of rotatable bonds is 12. The summed E-state index contributed by atoms with van der Waals surface area (Å²) in [6.07, 6.45) is 8.19. The van der Waals surface area contributed by atoms with Crippen LogP contribution in [0.15, 0.2) is 79.6 Å². The number of anilines is 5. The molecule has 1 aromatic heterocycles. The average molecular weight is 753 g/mol. The van der Waals surface area contributed by atoms with Gasteiger partial charge in [-0.3, -0.25) is 19.4 Å². The number of hydroxylamine groups is 1. The molecule has 3 aromatic carbocycles. The van der Waals surface area contributed by atoms with E-state index in [1.165, 1.54) is 38.3 Å². The highest BCUT2D eigenvalue weighted by atomic mass is 19.1. The van der Waals surface area contributed by atoms with Gasteiger partial charge >= 0.3 is 0 Å². The Kier molecular flexibility index (Phi) is 10.8. The van der Waals surface area contributed by atoms with Crippen LogP contribution in [0, 0.1) is 11.6 Å². The lowest BCUT2D eigenvalue weighted by Crippen LogP contribution is -2.53. The molecular formula is C41H46F2N8O4. The molecule has 55 heavy (non-hydrogen) atoms. The van der Waals surface area contributed by atoms with Crippen molar-refractivity contribution in [2.24, 2.45) is 0 Å². The lowest BCUT2D eigenvalue weighted by atomic mass is 10.0. The molecule has 14 heteroatoms. The number of hydrogen-bond acceptors (Lipinski definition) is 11. The number of amides is 1. The molecule has 0 bridgehead atoms. The molecule has 4 aromatic rings. The summed E-state index contributed by atoms with van der Waals surface area (Å²) in [5.41, 5.74) is 3.02. The molecule has 4 heterocycles. The van der Waals surface area contributed by atoms with E-state index in [-0.39, 0.29) is 17.7 Å². The highest BCUT2D eigenvalue weighted by Gasteiger charge is 2.34. The van der Waals surface area contributed by atoms with E-state index in [1.54, 1.807) is 24.3 Å². The first-order valence-corrected chi connectivity index (χ1v) is 19.0. The number of benzene rings is 3. The lowest BCUT2D eigenvalue weighted by molar-refractivity contribution is -0.111. The second kappa shape index (κ2) is 16.2. The van der Waals surface area contributed by atoms with Gasteiger partial charge in [0.1, 0.15) is 41.0 Å². The van der Waals surface area contributed by atoms with Crippen molar-refractivity contribution in [3.8, 4) is 17.2 Å². The molecule has 4 aliphatic rings. The van der Waals surface area contributed by atoms with Crippen molar-refractivity contribution in [1.82, 2.24) is 19.8 Å². The van der Waals surface area contributed by atoms with Crippen molar-refractivity contribution in [2.45, 2.75) is 50.2 Å². The molecule has 1 aliphatic carbocycles. The SMILES string of the molecule is C=CC(=O)Nc1cc(Nc2cc(N3OCCC3c3cccc(Oc4cc(F)cc(F)c4)c3)ncn2)c(OC)cc1N1CCC(N2CCN(C3CC3)CC2)CC1. The summed E-state index contributed by atoms with van der Waals surface area (Å²) in [4.78, 5) is 35.4. The minimum Gasteiger partial charge on any atom is -0.494 e. The number of aromatic nitrogens is 2. The van der Waals surface area contributed by atoms with Crippen LogP contribution in [0.3, 0.4) is 0 Å². The van der Waals surface area contributed by atoms with Crippen LogP contribution in [0.5, 0.6) is 17.2 Å². The predicted molar refractivity (Wildman–Crippen MR) is 207 cm³/mol. The number of nitrogens with zero attached hydrogens (tertiary/aromatic N) is 6. The zero-order valence-corrected chi connectivity index (χ0v) is 30.9. The third-order valence-corrected chi connectivity index (χ3v) is 10.9. The van der Waals surface area contributed by atoms with E-state index in [4.69, 9.17) is 14.3 Å². The van der Waals surface area contributed by atoms with Gasteiger partial charge < -0.3 is 25.0 Å². The van der Waals surface area contributed by atoms with Gasteiger partial charge in [-0.25, -0.2) is 23.8 Å². The standard InChI is InChI=1S/C41H46F2N8O4/c1-3-41(52)47-34-23-35(38(53-2)24-37(34)50-12-9-31(10-13-50)49-16-14-48(15-17-49)30-7-8-30)46-39-25-40(45-26-44-39)51-36(11-18-54-51)27-5-4-6-32(19-27)55-33-21-28(42)20-29(43)22-33/h3-6,19-26,30-31,36H,1,7-18H2,2H3,(H,47,52)(H,44,45,46). The number of halogens is 2. The number of piperidine rings is 1. The molecule has 0 spiro atoms. The molecule has 1 amide bonds. The third kappa shape index (κ3) is 8.51. The molecular weight excluding hydrogens is 706 g/mol. The van der Waals surface area contributed by atoms with E-state index in [2.05, 4.69) is 41.9 Å². The summed E-state index contributed by atoms with van der Waals surface area (Å²) < 4.78 is 39.3. The largest absolute Gasteiger partial charge is 0.494 e. The smallest absolute Gasteiger partial charge is 0.247 e. The first kappa shape index (κ1) is 36.7. The van der Waals surface area contributed by atoms with Crippen LogP contribution in [0.1, 0.15) is 43.7 Å². The Morgan fingerprint density at radius 1 is 0.855 bits per heavy atom. The molecule has 12 nitrogen and oxygen atoms in total. The Morgan fingerprint density at radius 3 is 2.27 bits per heavy atom. The molecule has 0 radical (unpaired) electrons. The fraction of sp³-hybridized carbons (Fsp3) is 0.390. The fourth-order valence-electron chi connectivity index (χ4n) is 7.94. The molecule has 4 fully saturated rings. The van der Waals surface area contributed by atoms with E-state index in [0.717, 1.165) is 74.5 Å². The van der Waals surface area contributed by atoms with Gasteiger partial charge in [0.05, 0.1) is 36.8 Å². The maximum absolute atomic E-state index is 13.8. The minimum absolute atomic E-state index is 0.0639. The molecule has 288 valence electrons. The Labute approximate surface area is 319 Å². The molecule has 1 unspecified atom stereocenters. The Balaban J connectivity index is 0.978. The maximum atomic E-state index is 13.8. The van der Waals surface area contributed by atoms with Crippen LogP contribution in [-0.2, 0) is 9.63 Å². The van der Waals surface area contributed by atoms with Crippen LogP contribution in [-0.4, -0.2) is 90.7 Å². The van der Waals surface area contributed by atoms with Gasteiger partial charge in [-0.15, -0.1) is 0 Å². The summed E-state index contributed by atoms with van der Waals surface area (Å²) in [6, 6.07) is 17.1. The molecule has 1 saturated carbocycles. The highest BCUT2D eigenvalue weighted by Crippen LogP contribution is 2.41. The molecule has 8 rings (SSSR count). The number of carbonyl (C=O) groups excluding carboxylic acids is 1. The van der Waals surface area contributed by atoms with Gasteiger partial charge in [-0.2, -0.15) is 0 Å². The highest BCUT2D eigenvalue weighted by molar-refractivity contribution is 6.02. The van der Waals surface area contributed by atoms with Gasteiger partial charge in [0, 0.05) is 88.1 Å². The number of ether oxygens (including phenoxy) is 2. The van der Waals surface area contributed by atoms with Crippen molar-refractivity contribution < 1.29 is 27.9 Å². The molecule has 3 aliphatic heterocycles. The Hall–Kier alpha value is -5.31. The van der Waals surface area contributed by atoms with Gasteiger partial charge in [0.2, 0.25) is 5.91 Å². The number of nitrogens with one attached hydrogen (secondary N) is 2. The second-order valence-corrected chi connectivity index (χ2v) is 14.4. The topological polar surface area (TPSA) is 108 Å². The first-order chi connectivity index (χ1) is 26.8. The summed E-state index contributed by atoms with van der Waals surface area (Å²) in [5, 5.41) is 8.11. The summed E-state index contributed by atoms with van der Waals surface area (Å²) in [7, 11) is 1.62. The first-order valence-electron chi connectivity index (χ1n) is 19.0. The van der Waals surface area contributed by atoms with Crippen molar-refractivity contribution in [3.05, 3.63) is 96.8 Å². The van der Waals surface area contributed by atoms with E-state index in [9.17, 15) is 13.6 Å². The predicted octanol–water partition coefficient (Wildman–Crippen LogP) is 7.06. The average Bonchev–Trinajstić information content (AvgIpc) is 3.93. The Bertz CT molecular complexity index is 2000. The number of hydrogen-bond donors (Lipinski definition) is 2. The number of piperazine rings is 1. The van der Waals surface area contributed by atoms with Crippen LogP contribution in [0.4, 0.5) is 37.5 Å². The molecule has 1 atom stereocenters. The van der Waals surface area contributed by atoms with Crippen molar-refractivity contribution in [1.29, 1.82) is 0 Å². The van der Waals surface area contributed by atoms with E-state index < -0.39 is 11.6 Å². The third-order valence-electron chi connectivity index (χ3n) is 10.9. The Morgan fingerprint density at radius 2 is 1.58 bits per heavy atom. The van der Waals surface area contributed by atoms with Crippen LogP contribution in [0.2, 0.25) is 0 Å². The van der Waals surface area contributed by atoms with Crippen LogP contribution in [0.25, 0.3) is 0 Å². The van der Waals surface area contributed by atoms with Crippen LogP contribution < -0.4 is 30.1 Å². The van der Waals surface area contributed by atoms with E-state index in [0.29, 0.717) is 53.6 Å². The fourth-order valence-corrected chi connectivity index (χ4v) is 7.94. The maximum Gasteiger partial charge on any atom is 0.247 e. The number of carbonyl (C=O) groups is 1. The van der Waals surface area contributed by atoms with E-state index >= 15 is 0 Å². The van der Waals surface area contributed by atoms with Gasteiger partial charge in [0.25, 0.3) is 0 Å². The van der Waals surface area contributed by atoms with Crippen molar-refractivity contribution in [3.63, 3.8) is 0 Å². The summed E-state index contributed by atoms with van der Waals surface area (Å²) >= 11 is 0. The molecule has 2 N–H and O–H groups in total. The zero-order chi connectivity index (χ0) is 37.9. The lowest BCUT2D eigenvalue weighted by Gasteiger charge is -2.43. The quantitative estimate of drug-likeness (QED) is 0.145. The van der Waals surface area contributed by atoms with Gasteiger partial charge in [-0.05, 0) is 55.5 Å². The van der Waals surface area contributed by atoms with E-state index in [1.807, 2.05) is 30.3 Å². The summed E-state index contributed by atoms with van der Waals surface area (Å²) in [6.45, 7) is 10.5.